The molecule has 2 heteroatoms. The predicted molar refractivity (Wildman–Crippen MR) is 88.1 cm³/mol. The molecule has 3 aliphatic carbocycles. The van der Waals surface area contributed by atoms with Crippen LogP contribution in [0.3, 0.4) is 0 Å². The van der Waals surface area contributed by atoms with Crippen molar-refractivity contribution in [3.05, 3.63) is 28.8 Å². The summed E-state index contributed by atoms with van der Waals surface area (Å²) >= 11 is 0. The van der Waals surface area contributed by atoms with Crippen molar-refractivity contribution < 1.29 is 10.2 Å². The molecule has 22 heavy (non-hydrogen) atoms. The summed E-state index contributed by atoms with van der Waals surface area (Å²) in [6.07, 6.45) is 6.76. The van der Waals surface area contributed by atoms with Crippen LogP contribution in [0.25, 0.3) is 0 Å². The SMILES string of the molecule is Cc1cc(O)cc2c1[C@H]1CC[C@@]3(C)[C@@H](CCC3(C)O)[C@@H]1CC2. The second kappa shape index (κ2) is 4.50. The van der Waals surface area contributed by atoms with Gasteiger partial charge in [0.1, 0.15) is 5.75 Å². The average molecular weight is 300 g/mol. The molecule has 1 unspecified atom stereocenters. The number of aryl methyl sites for hydroxylation is 2. The number of benzene rings is 1. The summed E-state index contributed by atoms with van der Waals surface area (Å²) in [7, 11) is 0. The molecule has 4 rings (SSSR count). The van der Waals surface area contributed by atoms with Crippen molar-refractivity contribution in [3.8, 4) is 5.75 Å². The molecule has 0 radical (unpaired) electrons. The van der Waals surface area contributed by atoms with Gasteiger partial charge in [0.15, 0.2) is 0 Å². The molecule has 0 saturated heterocycles. The van der Waals surface area contributed by atoms with Crippen molar-refractivity contribution in [2.45, 2.75) is 70.8 Å². The van der Waals surface area contributed by atoms with Crippen molar-refractivity contribution in [1.82, 2.24) is 0 Å². The zero-order chi connectivity index (χ0) is 15.7. The fourth-order valence-electron chi connectivity index (χ4n) is 6.20. The molecule has 1 aromatic carbocycles. The lowest BCUT2D eigenvalue weighted by molar-refractivity contribution is -0.0902. The van der Waals surface area contributed by atoms with Crippen LogP contribution in [0.15, 0.2) is 12.1 Å². The minimum Gasteiger partial charge on any atom is -0.508 e. The Bertz CT molecular complexity index is 618. The highest BCUT2D eigenvalue weighted by Gasteiger charge is 2.59. The third-order valence-electron chi connectivity index (χ3n) is 7.57. The first-order chi connectivity index (χ1) is 10.3. The molecule has 0 amide bonds. The van der Waals surface area contributed by atoms with Gasteiger partial charge in [0.25, 0.3) is 0 Å². The van der Waals surface area contributed by atoms with Crippen molar-refractivity contribution in [1.29, 1.82) is 0 Å². The molecule has 0 spiro atoms. The Morgan fingerprint density at radius 3 is 2.64 bits per heavy atom. The Labute approximate surface area is 133 Å². The maximum absolute atomic E-state index is 10.9. The van der Waals surface area contributed by atoms with Crippen LogP contribution in [-0.4, -0.2) is 15.8 Å². The van der Waals surface area contributed by atoms with E-state index >= 15 is 0 Å². The monoisotopic (exact) mass is 300 g/mol. The van der Waals surface area contributed by atoms with Crippen LogP contribution in [-0.2, 0) is 6.42 Å². The van der Waals surface area contributed by atoms with E-state index in [-0.39, 0.29) is 5.41 Å². The van der Waals surface area contributed by atoms with Crippen molar-refractivity contribution in [2.75, 3.05) is 0 Å². The summed E-state index contributed by atoms with van der Waals surface area (Å²) in [5.41, 5.74) is 3.75. The van der Waals surface area contributed by atoms with Crippen LogP contribution >= 0.6 is 0 Å². The van der Waals surface area contributed by atoms with Crippen molar-refractivity contribution in [2.24, 2.45) is 17.3 Å². The van der Waals surface area contributed by atoms with E-state index < -0.39 is 5.60 Å². The Kier molecular flexibility index (Phi) is 2.98. The highest BCUT2D eigenvalue weighted by molar-refractivity contribution is 5.45. The zero-order valence-corrected chi connectivity index (χ0v) is 14.0. The third kappa shape index (κ3) is 1.76. The zero-order valence-electron chi connectivity index (χ0n) is 14.0. The lowest BCUT2D eigenvalue weighted by atomic mass is 9.53. The molecular weight excluding hydrogens is 272 g/mol. The van der Waals surface area contributed by atoms with Gasteiger partial charge in [-0.3, -0.25) is 0 Å². The molecule has 1 aromatic rings. The van der Waals surface area contributed by atoms with Crippen LogP contribution in [0.2, 0.25) is 0 Å². The number of phenolic OH excluding ortho intramolecular Hbond substituents is 1. The van der Waals surface area contributed by atoms with E-state index in [1.807, 2.05) is 12.1 Å². The first-order valence-corrected chi connectivity index (χ1v) is 8.88. The molecule has 2 nitrogen and oxygen atoms in total. The van der Waals surface area contributed by atoms with Crippen LogP contribution in [0.1, 0.15) is 68.6 Å². The van der Waals surface area contributed by atoms with Gasteiger partial charge in [0, 0.05) is 0 Å². The second-order valence-electron chi connectivity index (χ2n) is 8.52. The van der Waals surface area contributed by atoms with E-state index in [9.17, 15) is 10.2 Å². The van der Waals surface area contributed by atoms with Gasteiger partial charge >= 0.3 is 0 Å². The van der Waals surface area contributed by atoms with Gasteiger partial charge in [0.05, 0.1) is 5.60 Å². The summed E-state index contributed by atoms with van der Waals surface area (Å²) in [4.78, 5) is 0. The van der Waals surface area contributed by atoms with Crippen LogP contribution in [0, 0.1) is 24.2 Å². The van der Waals surface area contributed by atoms with Crippen LogP contribution < -0.4 is 0 Å². The molecule has 0 aromatic heterocycles. The minimum absolute atomic E-state index is 0.0937. The minimum atomic E-state index is -0.493. The summed E-state index contributed by atoms with van der Waals surface area (Å²) in [5.74, 6) is 2.42. The van der Waals surface area contributed by atoms with Gasteiger partial charge < -0.3 is 10.2 Å². The summed E-state index contributed by atoms with van der Waals surface area (Å²) in [6, 6.07) is 3.91. The maximum Gasteiger partial charge on any atom is 0.116 e. The molecule has 5 atom stereocenters. The number of fused-ring (bicyclic) bond motifs is 5. The topological polar surface area (TPSA) is 40.5 Å². The first kappa shape index (κ1) is 14.6. The van der Waals surface area contributed by atoms with Gasteiger partial charge in [-0.15, -0.1) is 0 Å². The number of aliphatic hydroxyl groups is 1. The molecule has 0 aliphatic heterocycles. The normalized spacial score (nSPS) is 43.4. The molecule has 2 saturated carbocycles. The first-order valence-electron chi connectivity index (χ1n) is 8.88. The highest BCUT2D eigenvalue weighted by Crippen LogP contribution is 2.64. The van der Waals surface area contributed by atoms with Gasteiger partial charge in [0.2, 0.25) is 0 Å². The third-order valence-corrected chi connectivity index (χ3v) is 7.57. The quantitative estimate of drug-likeness (QED) is 0.749. The number of rotatable bonds is 0. The van der Waals surface area contributed by atoms with Gasteiger partial charge in [-0.2, -0.15) is 0 Å². The van der Waals surface area contributed by atoms with Crippen LogP contribution in [0.4, 0.5) is 0 Å². The summed E-state index contributed by atoms with van der Waals surface area (Å²) in [6.45, 7) is 6.55. The fraction of sp³-hybridized carbons (Fsp3) is 0.700. The van der Waals surface area contributed by atoms with Gasteiger partial charge in [-0.25, -0.2) is 0 Å². The fourth-order valence-corrected chi connectivity index (χ4v) is 6.20. The van der Waals surface area contributed by atoms with E-state index in [0.717, 1.165) is 19.3 Å². The molecular formula is C20H28O2. The summed E-state index contributed by atoms with van der Waals surface area (Å²) in [5, 5.41) is 20.8. The second-order valence-corrected chi connectivity index (χ2v) is 8.52. The highest BCUT2D eigenvalue weighted by atomic mass is 16.3. The molecule has 0 heterocycles. The van der Waals surface area contributed by atoms with E-state index in [2.05, 4.69) is 20.8 Å². The van der Waals surface area contributed by atoms with Gasteiger partial charge in [-0.1, -0.05) is 6.92 Å². The Morgan fingerprint density at radius 2 is 1.86 bits per heavy atom. The predicted octanol–water partition coefficient (Wildman–Crippen LogP) is 4.31. The maximum atomic E-state index is 10.9. The number of hydrogen-bond acceptors (Lipinski definition) is 2. The van der Waals surface area contributed by atoms with Crippen molar-refractivity contribution in [3.63, 3.8) is 0 Å². The average Bonchev–Trinajstić information content (AvgIpc) is 2.68. The molecule has 2 fully saturated rings. The van der Waals surface area contributed by atoms with Gasteiger partial charge in [-0.05, 0) is 104 Å². The van der Waals surface area contributed by atoms with E-state index in [4.69, 9.17) is 0 Å². The molecule has 3 aliphatic rings. The number of phenols is 1. The number of aromatic hydroxyl groups is 1. The Balaban J connectivity index is 1.75. The van der Waals surface area contributed by atoms with E-state index in [1.165, 1.54) is 36.0 Å². The Morgan fingerprint density at radius 1 is 1.09 bits per heavy atom. The molecule has 0 bridgehead atoms. The molecule has 2 N–H and O–H groups in total. The lowest BCUT2D eigenvalue weighted by Crippen LogP contribution is -2.49. The smallest absolute Gasteiger partial charge is 0.116 e. The van der Waals surface area contributed by atoms with E-state index in [1.54, 1.807) is 0 Å². The van der Waals surface area contributed by atoms with Crippen LogP contribution in [0.5, 0.6) is 5.75 Å². The largest absolute Gasteiger partial charge is 0.508 e. The standard InChI is InChI=1S/C20H28O2/c1-12-10-14(21)11-13-4-5-15-16(18(12)13)6-8-19(2)17(15)7-9-20(19,3)22/h10-11,15-17,21-22H,4-9H2,1-3H3/t15-,16+,17+,19+,20?/m1/s1. The lowest BCUT2D eigenvalue weighted by Gasteiger charge is -2.52. The molecule has 120 valence electrons. The number of hydrogen-bond donors (Lipinski definition) is 2. The summed E-state index contributed by atoms with van der Waals surface area (Å²) < 4.78 is 0. The van der Waals surface area contributed by atoms with E-state index in [0.29, 0.717) is 23.5 Å². The van der Waals surface area contributed by atoms with Crippen molar-refractivity contribution >= 4 is 0 Å². The Hall–Kier alpha value is -1.02.